The molecule has 0 atom stereocenters. The molecule has 1 aromatic heterocycles. The van der Waals surface area contributed by atoms with E-state index < -0.39 is 5.97 Å². The van der Waals surface area contributed by atoms with E-state index >= 15 is 0 Å². The number of hydrogen-bond acceptors (Lipinski definition) is 6. The van der Waals surface area contributed by atoms with Crippen molar-refractivity contribution < 1.29 is 44.3 Å². The molecule has 0 saturated heterocycles. The van der Waals surface area contributed by atoms with E-state index in [0.29, 0.717) is 22.2 Å². The van der Waals surface area contributed by atoms with Crippen LogP contribution in [0.15, 0.2) is 72.3 Å². The van der Waals surface area contributed by atoms with Gasteiger partial charge in [-0.25, -0.2) is 0 Å². The summed E-state index contributed by atoms with van der Waals surface area (Å²) < 4.78 is 8.36. The first-order chi connectivity index (χ1) is 14.9. The number of hydrogen-bond donors (Lipinski definition) is 0. The molecule has 3 aromatic carbocycles. The molecule has 4 aromatic rings. The van der Waals surface area contributed by atoms with E-state index in [4.69, 9.17) is 0 Å². The van der Waals surface area contributed by atoms with E-state index in [1.165, 1.54) is 0 Å². The number of benzene rings is 3. The summed E-state index contributed by atoms with van der Waals surface area (Å²) in [7, 11) is 0. The summed E-state index contributed by atoms with van der Waals surface area (Å²) in [6.45, 7) is 3.91. The summed E-state index contributed by atoms with van der Waals surface area (Å²) in [5, 5.41) is 12.3. The summed E-state index contributed by atoms with van der Waals surface area (Å²) >= 11 is 1.05. The van der Waals surface area contributed by atoms with Crippen molar-refractivity contribution in [3.05, 3.63) is 100 Å². The average Bonchev–Trinajstić information content (AvgIpc) is 3.22. The van der Waals surface area contributed by atoms with Crippen molar-refractivity contribution in [3.63, 3.8) is 0 Å². The van der Waals surface area contributed by atoms with Crippen LogP contribution in [0.2, 0.25) is 0 Å². The van der Waals surface area contributed by atoms with Gasteiger partial charge < -0.3 is 9.90 Å². The first-order valence-corrected chi connectivity index (χ1v) is 10.5. The third-order valence-electron chi connectivity index (χ3n) is 5.14. The van der Waals surface area contributed by atoms with Crippen molar-refractivity contribution in [2.75, 3.05) is 0 Å². The second-order valence-corrected chi connectivity index (χ2v) is 7.99. The summed E-state index contributed by atoms with van der Waals surface area (Å²) in [6.07, 6.45) is 0.170. The molecule has 0 fully saturated rings. The number of allylic oxidation sites excluding steroid dienone is 1. The number of rotatable bonds is 6. The van der Waals surface area contributed by atoms with Gasteiger partial charge in [0.15, 0.2) is 5.78 Å². The number of carboxylic acid groups (broad SMARTS) is 1. The minimum absolute atomic E-state index is 0. The Morgan fingerprint density at radius 3 is 2.00 bits per heavy atom. The Morgan fingerprint density at radius 2 is 1.38 bits per heavy atom. The standard InChI is InChI=1S/C25H20N2O3S.Na/c1-15-3-7-17(8-4-15)13-20(24(28)18-9-5-16(2)6-10-18)23(25(29)30)19-11-12-21-22(14-19)27-31-26-21;/h3-12,14H,13H2,1-2H3,(H,29,30);/q;+1/p-1. The van der Waals surface area contributed by atoms with E-state index in [1.807, 2.05) is 50.2 Å². The third kappa shape index (κ3) is 5.22. The first-order valence-electron chi connectivity index (χ1n) is 9.76. The second kappa shape index (κ2) is 10.3. The van der Waals surface area contributed by atoms with Gasteiger partial charge in [0, 0.05) is 23.1 Å². The fraction of sp³-hybridized carbons (Fsp3) is 0.120. The van der Waals surface area contributed by atoms with Gasteiger partial charge >= 0.3 is 29.6 Å². The van der Waals surface area contributed by atoms with Crippen LogP contribution < -0.4 is 34.7 Å². The monoisotopic (exact) mass is 450 g/mol. The molecule has 154 valence electrons. The zero-order valence-electron chi connectivity index (χ0n) is 18.1. The number of carbonyl (C=O) groups is 2. The maximum Gasteiger partial charge on any atom is 1.00 e. The van der Waals surface area contributed by atoms with Crippen LogP contribution in [0, 0.1) is 13.8 Å². The Hall–Kier alpha value is -2.64. The molecule has 0 aliphatic rings. The maximum absolute atomic E-state index is 13.5. The van der Waals surface area contributed by atoms with Crippen LogP contribution in [-0.2, 0) is 11.2 Å². The summed E-state index contributed by atoms with van der Waals surface area (Å²) in [4.78, 5) is 25.8. The molecule has 4 rings (SSSR count). The second-order valence-electron chi connectivity index (χ2n) is 7.47. The number of ketones is 1. The van der Waals surface area contributed by atoms with Crippen molar-refractivity contribution in [3.8, 4) is 0 Å². The fourth-order valence-corrected chi connectivity index (χ4v) is 3.94. The largest absolute Gasteiger partial charge is 1.00 e. The molecule has 0 saturated carbocycles. The van der Waals surface area contributed by atoms with Crippen LogP contribution >= 0.6 is 11.7 Å². The molecule has 32 heavy (non-hydrogen) atoms. The van der Waals surface area contributed by atoms with Crippen molar-refractivity contribution >= 4 is 40.1 Å². The molecule has 0 radical (unpaired) electrons. The number of aliphatic carboxylic acids is 1. The average molecular weight is 450 g/mol. The van der Waals surface area contributed by atoms with Gasteiger partial charge in [-0.05, 0) is 37.1 Å². The van der Waals surface area contributed by atoms with Crippen molar-refractivity contribution in [1.29, 1.82) is 0 Å². The molecule has 0 bridgehead atoms. The minimum atomic E-state index is -1.40. The van der Waals surface area contributed by atoms with E-state index in [0.717, 1.165) is 28.4 Å². The number of aryl methyl sites for hydroxylation is 2. The molecule has 0 spiro atoms. The molecule has 1 heterocycles. The van der Waals surface area contributed by atoms with Gasteiger partial charge in [0.1, 0.15) is 11.0 Å². The number of carbonyl (C=O) groups excluding carboxylic acids is 2. The molecular formula is C25H19N2NaO3S. The van der Waals surface area contributed by atoms with E-state index in [9.17, 15) is 14.7 Å². The number of aromatic nitrogens is 2. The Bertz CT molecular complexity index is 1310. The van der Waals surface area contributed by atoms with Gasteiger partial charge in [-0.15, -0.1) is 0 Å². The number of fused-ring (bicyclic) bond motifs is 1. The van der Waals surface area contributed by atoms with Crippen LogP contribution in [-0.4, -0.2) is 20.5 Å². The first kappa shape index (κ1) is 24.0. The quantitative estimate of drug-likeness (QED) is 0.248. The number of nitrogens with zero attached hydrogens (tertiary/aromatic N) is 2. The SMILES string of the molecule is Cc1ccc(CC(C(=O)c2ccc(C)cc2)=C(C(=O)[O-])c2ccc3nsnc3c2)cc1.[Na+]. The van der Waals surface area contributed by atoms with Crippen molar-refractivity contribution in [2.45, 2.75) is 20.3 Å². The van der Waals surface area contributed by atoms with Crippen LogP contribution in [0.4, 0.5) is 0 Å². The predicted molar refractivity (Wildman–Crippen MR) is 120 cm³/mol. The fourth-order valence-electron chi connectivity index (χ4n) is 3.42. The van der Waals surface area contributed by atoms with Gasteiger partial charge in [-0.3, -0.25) is 4.79 Å². The zero-order valence-corrected chi connectivity index (χ0v) is 20.9. The van der Waals surface area contributed by atoms with Gasteiger partial charge in [0.05, 0.1) is 17.7 Å². The summed E-state index contributed by atoms with van der Waals surface area (Å²) in [5.41, 5.74) is 5.07. The summed E-state index contributed by atoms with van der Waals surface area (Å²) in [5.74, 6) is -1.73. The summed E-state index contributed by atoms with van der Waals surface area (Å²) in [6, 6.07) is 19.8. The van der Waals surface area contributed by atoms with Gasteiger partial charge in [0.2, 0.25) is 0 Å². The molecular weight excluding hydrogens is 431 g/mol. The molecule has 0 N–H and O–H groups in total. The van der Waals surface area contributed by atoms with E-state index in [2.05, 4.69) is 8.75 Å². The molecule has 0 aliphatic carbocycles. The van der Waals surface area contributed by atoms with Gasteiger partial charge in [-0.2, -0.15) is 8.75 Å². The Morgan fingerprint density at radius 1 is 0.812 bits per heavy atom. The Kier molecular flexibility index (Phi) is 7.74. The van der Waals surface area contributed by atoms with Crippen LogP contribution in [0.5, 0.6) is 0 Å². The normalized spacial score (nSPS) is 11.6. The maximum atomic E-state index is 13.5. The van der Waals surface area contributed by atoms with Gasteiger partial charge in [0.25, 0.3) is 0 Å². The number of carboxylic acids is 1. The van der Waals surface area contributed by atoms with Crippen LogP contribution in [0.25, 0.3) is 16.6 Å². The molecule has 0 amide bonds. The third-order valence-corrected chi connectivity index (χ3v) is 5.69. The zero-order chi connectivity index (χ0) is 22.0. The van der Waals surface area contributed by atoms with E-state index in [1.54, 1.807) is 30.3 Å². The Balaban J connectivity index is 0.00000289. The molecule has 0 aliphatic heterocycles. The molecule has 7 heteroatoms. The van der Waals surface area contributed by atoms with Crippen molar-refractivity contribution in [2.24, 2.45) is 0 Å². The molecule has 5 nitrogen and oxygen atoms in total. The Labute approximate surface area is 212 Å². The van der Waals surface area contributed by atoms with Gasteiger partial charge in [-0.1, -0.05) is 65.7 Å². The minimum Gasteiger partial charge on any atom is -0.545 e. The van der Waals surface area contributed by atoms with Crippen LogP contribution in [0.1, 0.15) is 32.6 Å². The van der Waals surface area contributed by atoms with Crippen molar-refractivity contribution in [1.82, 2.24) is 8.75 Å². The molecule has 0 unspecified atom stereocenters. The topological polar surface area (TPSA) is 83.0 Å². The number of Topliss-reactive ketones (excluding diaryl/α,β-unsaturated/α-hetero) is 1. The van der Waals surface area contributed by atoms with Crippen LogP contribution in [0.3, 0.4) is 0 Å². The van der Waals surface area contributed by atoms with E-state index in [-0.39, 0.29) is 52.9 Å². The predicted octanol–water partition coefficient (Wildman–Crippen LogP) is 0.941. The smallest absolute Gasteiger partial charge is 0.545 e.